The Morgan fingerprint density at radius 1 is 0.947 bits per heavy atom. The first-order valence-corrected chi connectivity index (χ1v) is 14.1. The zero-order chi connectivity index (χ0) is 27.2. The van der Waals surface area contributed by atoms with Gasteiger partial charge >= 0.3 is 5.97 Å². The van der Waals surface area contributed by atoms with E-state index >= 15 is 0 Å². The number of ether oxygens (including phenoxy) is 3. The first-order valence-electron chi connectivity index (χ1n) is 13.3. The van der Waals surface area contributed by atoms with Crippen molar-refractivity contribution in [3.63, 3.8) is 0 Å². The number of nitrogens with zero attached hydrogens (tertiary/aromatic N) is 1. The van der Waals surface area contributed by atoms with E-state index in [9.17, 15) is 14.4 Å². The number of halogens is 1. The molecule has 204 valence electrons. The number of amides is 1. The summed E-state index contributed by atoms with van der Waals surface area (Å²) in [6.07, 6.45) is 8.11. The molecule has 2 saturated carbocycles. The minimum absolute atomic E-state index is 0.0199. The fourth-order valence-corrected chi connectivity index (χ4v) is 6.08. The number of carbonyl (C=O) groups excluding carboxylic acids is 3. The molecule has 38 heavy (non-hydrogen) atoms. The van der Waals surface area contributed by atoms with Gasteiger partial charge in [0.1, 0.15) is 17.8 Å². The van der Waals surface area contributed by atoms with Crippen molar-refractivity contribution in [2.45, 2.75) is 70.4 Å². The van der Waals surface area contributed by atoms with E-state index in [0.717, 1.165) is 57.7 Å². The molecular weight excluding hydrogens is 550 g/mol. The average molecular weight is 587 g/mol. The molecule has 2 aromatic carbocycles. The predicted molar refractivity (Wildman–Crippen MR) is 149 cm³/mol. The molecule has 0 atom stereocenters. The van der Waals surface area contributed by atoms with E-state index < -0.39 is 5.97 Å². The molecule has 2 aromatic rings. The van der Waals surface area contributed by atoms with Crippen LogP contribution in [0.2, 0.25) is 0 Å². The molecule has 2 fully saturated rings. The SMILES string of the molecule is COC(=O)c1cc(Oc2ccc(C=O)cc2Br)ccc1N(C(=O)[C@H]1CC[C@H](C)CC1)C1CCC(OC)CC1. The number of benzene rings is 2. The summed E-state index contributed by atoms with van der Waals surface area (Å²) in [4.78, 5) is 40.1. The number of anilines is 1. The molecule has 0 saturated heterocycles. The van der Waals surface area contributed by atoms with E-state index in [1.807, 2.05) is 4.90 Å². The first-order chi connectivity index (χ1) is 18.3. The van der Waals surface area contributed by atoms with Gasteiger partial charge in [0.15, 0.2) is 0 Å². The lowest BCUT2D eigenvalue weighted by Gasteiger charge is -2.40. The Hall–Kier alpha value is -2.71. The molecule has 7 nitrogen and oxygen atoms in total. The zero-order valence-electron chi connectivity index (χ0n) is 22.3. The second-order valence-corrected chi connectivity index (χ2v) is 11.3. The third kappa shape index (κ3) is 6.46. The highest BCUT2D eigenvalue weighted by Crippen LogP contribution is 2.38. The summed E-state index contributed by atoms with van der Waals surface area (Å²) >= 11 is 3.44. The van der Waals surface area contributed by atoms with Gasteiger partial charge in [-0.15, -0.1) is 0 Å². The number of carbonyl (C=O) groups is 3. The van der Waals surface area contributed by atoms with Crippen molar-refractivity contribution in [2.75, 3.05) is 19.1 Å². The Morgan fingerprint density at radius 3 is 2.26 bits per heavy atom. The van der Waals surface area contributed by atoms with Crippen LogP contribution in [0.4, 0.5) is 5.69 Å². The Balaban J connectivity index is 1.70. The fourth-order valence-electron chi connectivity index (χ4n) is 5.60. The molecule has 0 bridgehead atoms. The maximum absolute atomic E-state index is 14.1. The molecule has 0 aliphatic heterocycles. The van der Waals surface area contributed by atoms with E-state index in [1.165, 1.54) is 7.11 Å². The summed E-state index contributed by atoms with van der Waals surface area (Å²) in [5.41, 5.74) is 1.37. The Kier molecular flexibility index (Phi) is 9.60. The maximum atomic E-state index is 14.1. The molecule has 2 aliphatic rings. The lowest BCUT2D eigenvalue weighted by Crippen LogP contribution is -2.47. The normalized spacial score (nSPS) is 23.4. The van der Waals surface area contributed by atoms with E-state index in [4.69, 9.17) is 14.2 Å². The highest BCUT2D eigenvalue weighted by atomic mass is 79.9. The summed E-state index contributed by atoms with van der Waals surface area (Å²) < 4.78 is 17.4. The third-order valence-corrected chi connectivity index (χ3v) is 8.52. The van der Waals surface area contributed by atoms with Crippen LogP contribution in [0.3, 0.4) is 0 Å². The van der Waals surface area contributed by atoms with Crippen LogP contribution >= 0.6 is 15.9 Å². The van der Waals surface area contributed by atoms with Crippen molar-refractivity contribution >= 4 is 39.8 Å². The number of esters is 1. The van der Waals surface area contributed by atoms with Crippen LogP contribution in [-0.2, 0) is 14.3 Å². The van der Waals surface area contributed by atoms with Crippen LogP contribution in [0.5, 0.6) is 11.5 Å². The van der Waals surface area contributed by atoms with Crippen molar-refractivity contribution in [1.82, 2.24) is 0 Å². The van der Waals surface area contributed by atoms with Crippen molar-refractivity contribution in [2.24, 2.45) is 11.8 Å². The summed E-state index contributed by atoms with van der Waals surface area (Å²) in [7, 11) is 3.07. The van der Waals surface area contributed by atoms with E-state index in [2.05, 4.69) is 22.9 Å². The van der Waals surface area contributed by atoms with Gasteiger partial charge in [0, 0.05) is 24.6 Å². The third-order valence-electron chi connectivity index (χ3n) is 7.90. The van der Waals surface area contributed by atoms with Crippen LogP contribution in [0.15, 0.2) is 40.9 Å². The molecule has 1 amide bonds. The fraction of sp³-hybridized carbons (Fsp3) is 0.500. The highest BCUT2D eigenvalue weighted by molar-refractivity contribution is 9.10. The lowest BCUT2D eigenvalue weighted by molar-refractivity contribution is -0.124. The van der Waals surface area contributed by atoms with Gasteiger partial charge < -0.3 is 19.1 Å². The van der Waals surface area contributed by atoms with Gasteiger partial charge in [0.05, 0.1) is 28.9 Å². The molecule has 0 aromatic heterocycles. The van der Waals surface area contributed by atoms with Crippen LogP contribution in [0.1, 0.15) is 79.0 Å². The highest BCUT2D eigenvalue weighted by Gasteiger charge is 2.37. The predicted octanol–water partition coefficient (Wildman–Crippen LogP) is 6.96. The molecular formula is C30H36BrNO6. The largest absolute Gasteiger partial charge is 0.465 e. The first kappa shape index (κ1) is 28.3. The summed E-state index contributed by atoms with van der Waals surface area (Å²) in [5.74, 6) is 1.06. The van der Waals surface area contributed by atoms with Crippen LogP contribution < -0.4 is 9.64 Å². The smallest absolute Gasteiger partial charge is 0.340 e. The zero-order valence-corrected chi connectivity index (χ0v) is 23.9. The Labute approximate surface area is 232 Å². The molecule has 0 radical (unpaired) electrons. The molecule has 0 N–H and O–H groups in total. The van der Waals surface area contributed by atoms with Crippen molar-refractivity contribution < 1.29 is 28.6 Å². The Morgan fingerprint density at radius 2 is 1.66 bits per heavy atom. The van der Waals surface area contributed by atoms with Gasteiger partial charge in [-0.2, -0.15) is 0 Å². The summed E-state index contributed by atoms with van der Waals surface area (Å²) in [6, 6.07) is 10.2. The topological polar surface area (TPSA) is 82.1 Å². The van der Waals surface area contributed by atoms with Gasteiger partial charge in [-0.05, 0) is 110 Å². The minimum atomic E-state index is -0.526. The molecule has 0 heterocycles. The Bertz CT molecular complexity index is 1150. The maximum Gasteiger partial charge on any atom is 0.340 e. The number of hydrogen-bond donors (Lipinski definition) is 0. The van der Waals surface area contributed by atoms with E-state index in [1.54, 1.807) is 43.5 Å². The van der Waals surface area contributed by atoms with E-state index in [-0.39, 0.29) is 29.5 Å². The van der Waals surface area contributed by atoms with Gasteiger partial charge in [-0.1, -0.05) is 6.92 Å². The summed E-state index contributed by atoms with van der Waals surface area (Å²) in [5, 5.41) is 0. The number of rotatable bonds is 8. The second-order valence-electron chi connectivity index (χ2n) is 10.4. The lowest BCUT2D eigenvalue weighted by atomic mass is 9.81. The molecule has 4 rings (SSSR count). The average Bonchev–Trinajstić information content (AvgIpc) is 2.95. The molecule has 0 unspecified atom stereocenters. The number of methoxy groups -OCH3 is 2. The molecule has 2 aliphatic carbocycles. The standard InChI is InChI=1S/C30H36BrNO6/c1-19-4-7-21(8-5-19)29(34)32(22-9-11-23(36-2)12-10-22)27-14-13-24(17-25(27)30(35)37-3)38-28-15-6-20(18-33)16-26(28)31/h6,13-19,21-23H,4-5,7-12H2,1-3H3/t19-,21-,22?,23?. The monoisotopic (exact) mass is 585 g/mol. The molecule has 8 heteroatoms. The van der Waals surface area contributed by atoms with E-state index in [0.29, 0.717) is 33.1 Å². The number of aldehydes is 1. The van der Waals surface area contributed by atoms with Gasteiger partial charge in [-0.25, -0.2) is 4.79 Å². The second kappa shape index (κ2) is 12.9. The van der Waals surface area contributed by atoms with Gasteiger partial charge in [0.2, 0.25) is 5.91 Å². The van der Waals surface area contributed by atoms with Crippen molar-refractivity contribution in [3.05, 3.63) is 52.0 Å². The van der Waals surface area contributed by atoms with Crippen LogP contribution in [0.25, 0.3) is 0 Å². The quantitative estimate of drug-likeness (QED) is 0.246. The molecule has 0 spiro atoms. The minimum Gasteiger partial charge on any atom is -0.465 e. The van der Waals surface area contributed by atoms with Gasteiger partial charge in [-0.3, -0.25) is 9.59 Å². The van der Waals surface area contributed by atoms with Crippen molar-refractivity contribution in [1.29, 1.82) is 0 Å². The van der Waals surface area contributed by atoms with Gasteiger partial charge in [0.25, 0.3) is 0 Å². The van der Waals surface area contributed by atoms with Crippen LogP contribution in [-0.4, -0.2) is 44.5 Å². The van der Waals surface area contributed by atoms with Crippen LogP contribution in [0, 0.1) is 11.8 Å². The number of hydrogen-bond acceptors (Lipinski definition) is 6. The summed E-state index contributed by atoms with van der Waals surface area (Å²) in [6.45, 7) is 2.24. The van der Waals surface area contributed by atoms with Crippen molar-refractivity contribution in [3.8, 4) is 11.5 Å².